The number of nitrogens with zero attached hydrogens (tertiary/aromatic N) is 2. The molecule has 148 valence electrons. The van der Waals surface area contributed by atoms with Crippen LogP contribution >= 0.6 is 35.6 Å². The number of nitrogens with one attached hydrogen (secondary N) is 2. The van der Waals surface area contributed by atoms with Gasteiger partial charge in [0, 0.05) is 32.3 Å². The Kier molecular flexibility index (Phi) is 11.5. The van der Waals surface area contributed by atoms with E-state index in [0.29, 0.717) is 5.92 Å². The van der Waals surface area contributed by atoms with Gasteiger partial charge in [-0.2, -0.15) is 0 Å². The molecule has 0 amide bonds. The van der Waals surface area contributed by atoms with Crippen LogP contribution in [0.25, 0.3) is 0 Å². The number of guanidine groups is 1. The minimum atomic E-state index is 0. The highest BCUT2D eigenvalue weighted by atomic mass is 127. The molecule has 1 atom stereocenters. The fourth-order valence-corrected chi connectivity index (χ4v) is 3.48. The number of piperidine rings is 1. The van der Waals surface area contributed by atoms with E-state index in [1.807, 2.05) is 31.3 Å². The monoisotopic (exact) mass is 494 g/mol. The topological polar surface area (TPSA) is 48.9 Å². The van der Waals surface area contributed by atoms with Crippen molar-refractivity contribution in [3.05, 3.63) is 34.9 Å². The first kappa shape index (κ1) is 23.5. The number of benzene rings is 1. The lowest BCUT2D eigenvalue weighted by Crippen LogP contribution is -2.44. The number of likely N-dealkylation sites (tertiary alicyclic amines) is 1. The molecule has 0 aliphatic carbocycles. The number of hydrogen-bond acceptors (Lipinski definition) is 3. The third-order valence-electron chi connectivity index (χ3n) is 4.83. The van der Waals surface area contributed by atoms with Crippen LogP contribution in [0.5, 0.6) is 0 Å². The molecular weight excluding hydrogens is 463 g/mol. The van der Waals surface area contributed by atoms with E-state index in [1.165, 1.54) is 12.8 Å². The van der Waals surface area contributed by atoms with E-state index in [4.69, 9.17) is 16.3 Å². The highest BCUT2D eigenvalue weighted by Crippen LogP contribution is 2.22. The van der Waals surface area contributed by atoms with Crippen LogP contribution in [0, 0.1) is 5.92 Å². The average molecular weight is 495 g/mol. The SMILES string of the molecule is CN=C(NCC1CCN(CCOC)CC1)NC(C)c1ccccc1Cl.I. The molecule has 1 fully saturated rings. The van der Waals surface area contributed by atoms with Gasteiger partial charge < -0.3 is 20.3 Å². The van der Waals surface area contributed by atoms with Crippen molar-refractivity contribution in [2.24, 2.45) is 10.9 Å². The lowest BCUT2D eigenvalue weighted by molar-refractivity contribution is 0.121. The molecule has 1 aromatic rings. The molecule has 26 heavy (non-hydrogen) atoms. The van der Waals surface area contributed by atoms with Crippen LogP contribution in [0.1, 0.15) is 31.4 Å². The van der Waals surface area contributed by atoms with E-state index in [1.54, 1.807) is 7.11 Å². The van der Waals surface area contributed by atoms with Crippen molar-refractivity contribution in [1.29, 1.82) is 0 Å². The summed E-state index contributed by atoms with van der Waals surface area (Å²) in [5.74, 6) is 1.52. The summed E-state index contributed by atoms with van der Waals surface area (Å²) >= 11 is 6.28. The summed E-state index contributed by atoms with van der Waals surface area (Å²) in [6.45, 7) is 7.21. The number of halogens is 2. The van der Waals surface area contributed by atoms with Crippen LogP contribution < -0.4 is 10.6 Å². The van der Waals surface area contributed by atoms with Gasteiger partial charge in [-0.3, -0.25) is 4.99 Å². The zero-order valence-corrected chi connectivity index (χ0v) is 19.1. The maximum atomic E-state index is 6.28. The molecule has 1 aromatic carbocycles. The number of rotatable bonds is 7. The smallest absolute Gasteiger partial charge is 0.191 e. The Bertz CT molecular complexity index is 550. The van der Waals surface area contributed by atoms with E-state index in [0.717, 1.165) is 49.3 Å². The Labute approximate surface area is 179 Å². The Morgan fingerprint density at radius 3 is 2.65 bits per heavy atom. The zero-order valence-electron chi connectivity index (χ0n) is 16.0. The van der Waals surface area contributed by atoms with Crippen molar-refractivity contribution in [1.82, 2.24) is 15.5 Å². The third-order valence-corrected chi connectivity index (χ3v) is 5.17. The van der Waals surface area contributed by atoms with E-state index in [2.05, 4.69) is 27.4 Å². The third kappa shape index (κ3) is 7.58. The molecule has 2 rings (SSSR count). The molecule has 1 aliphatic rings. The molecular formula is C19H32ClIN4O. The molecule has 0 bridgehead atoms. The highest BCUT2D eigenvalue weighted by molar-refractivity contribution is 14.0. The van der Waals surface area contributed by atoms with E-state index < -0.39 is 0 Å². The second-order valence-electron chi connectivity index (χ2n) is 6.62. The zero-order chi connectivity index (χ0) is 18.1. The highest BCUT2D eigenvalue weighted by Gasteiger charge is 2.19. The van der Waals surface area contributed by atoms with Gasteiger partial charge in [-0.05, 0) is 50.4 Å². The van der Waals surface area contributed by atoms with Gasteiger partial charge in [0.15, 0.2) is 5.96 Å². The summed E-state index contributed by atoms with van der Waals surface area (Å²) < 4.78 is 5.16. The first-order chi connectivity index (χ1) is 12.1. The van der Waals surface area contributed by atoms with Crippen LogP contribution in [0.2, 0.25) is 5.02 Å². The maximum Gasteiger partial charge on any atom is 0.191 e. The Balaban J connectivity index is 0.00000338. The van der Waals surface area contributed by atoms with Gasteiger partial charge in [0.25, 0.3) is 0 Å². The van der Waals surface area contributed by atoms with Crippen molar-refractivity contribution < 1.29 is 4.74 Å². The van der Waals surface area contributed by atoms with Crippen LogP contribution in [-0.4, -0.2) is 57.8 Å². The fourth-order valence-electron chi connectivity index (χ4n) is 3.18. The number of aliphatic imine (C=N–C) groups is 1. The van der Waals surface area contributed by atoms with Gasteiger partial charge in [0.05, 0.1) is 12.6 Å². The number of methoxy groups -OCH3 is 1. The summed E-state index contributed by atoms with van der Waals surface area (Å²) in [6, 6.07) is 8.03. The van der Waals surface area contributed by atoms with E-state index in [9.17, 15) is 0 Å². The van der Waals surface area contributed by atoms with Gasteiger partial charge in [-0.25, -0.2) is 0 Å². The molecule has 0 aromatic heterocycles. The maximum absolute atomic E-state index is 6.28. The minimum absolute atomic E-state index is 0. The van der Waals surface area contributed by atoms with Crippen LogP contribution in [0.15, 0.2) is 29.3 Å². The number of ether oxygens (including phenoxy) is 1. The first-order valence-electron chi connectivity index (χ1n) is 9.07. The molecule has 0 saturated carbocycles. The van der Waals surface area contributed by atoms with Gasteiger partial charge in [0.1, 0.15) is 0 Å². The average Bonchev–Trinajstić information content (AvgIpc) is 2.64. The summed E-state index contributed by atoms with van der Waals surface area (Å²) in [5.41, 5.74) is 1.08. The van der Waals surface area contributed by atoms with E-state index >= 15 is 0 Å². The fraction of sp³-hybridized carbons (Fsp3) is 0.632. The van der Waals surface area contributed by atoms with Gasteiger partial charge >= 0.3 is 0 Å². The summed E-state index contributed by atoms with van der Waals surface area (Å²) in [7, 11) is 3.57. The lowest BCUT2D eigenvalue weighted by Gasteiger charge is -2.32. The largest absolute Gasteiger partial charge is 0.383 e. The van der Waals surface area contributed by atoms with Gasteiger partial charge in [-0.1, -0.05) is 29.8 Å². The standard InChI is InChI=1S/C19H31ClN4O.HI/c1-15(17-6-4-5-7-18(17)20)23-19(21-2)22-14-16-8-10-24(11-9-16)12-13-25-3;/h4-7,15-16H,8-14H2,1-3H3,(H2,21,22,23);1H. The summed E-state index contributed by atoms with van der Waals surface area (Å²) in [5, 5.41) is 7.68. The van der Waals surface area contributed by atoms with Gasteiger partial charge in [-0.15, -0.1) is 24.0 Å². The van der Waals surface area contributed by atoms with Crippen LogP contribution in [0.3, 0.4) is 0 Å². The van der Waals surface area contributed by atoms with Crippen molar-refractivity contribution >= 4 is 41.5 Å². The summed E-state index contributed by atoms with van der Waals surface area (Å²) in [6.07, 6.45) is 2.43. The summed E-state index contributed by atoms with van der Waals surface area (Å²) in [4.78, 5) is 6.83. The molecule has 1 heterocycles. The normalized spacial score (nSPS) is 17.5. The Morgan fingerprint density at radius 1 is 1.35 bits per heavy atom. The van der Waals surface area contributed by atoms with Crippen molar-refractivity contribution in [2.45, 2.75) is 25.8 Å². The molecule has 2 N–H and O–H groups in total. The molecule has 1 unspecified atom stereocenters. The van der Waals surface area contributed by atoms with Crippen molar-refractivity contribution in [2.75, 3.05) is 46.9 Å². The predicted molar refractivity (Wildman–Crippen MR) is 121 cm³/mol. The van der Waals surface area contributed by atoms with Crippen LogP contribution in [0.4, 0.5) is 0 Å². The molecule has 7 heteroatoms. The second kappa shape index (κ2) is 12.8. The Hall–Kier alpha value is -0.570. The van der Waals surface area contributed by atoms with Crippen LogP contribution in [-0.2, 0) is 4.74 Å². The Morgan fingerprint density at radius 2 is 2.04 bits per heavy atom. The molecule has 0 spiro atoms. The van der Waals surface area contributed by atoms with Crippen molar-refractivity contribution in [3.63, 3.8) is 0 Å². The quantitative estimate of drug-likeness (QED) is 0.346. The molecule has 0 radical (unpaired) electrons. The number of hydrogen-bond donors (Lipinski definition) is 2. The van der Waals surface area contributed by atoms with Crippen molar-refractivity contribution in [3.8, 4) is 0 Å². The molecule has 5 nitrogen and oxygen atoms in total. The predicted octanol–water partition coefficient (Wildman–Crippen LogP) is 3.54. The molecule has 1 aliphatic heterocycles. The second-order valence-corrected chi connectivity index (χ2v) is 7.03. The minimum Gasteiger partial charge on any atom is -0.383 e. The first-order valence-corrected chi connectivity index (χ1v) is 9.44. The van der Waals surface area contributed by atoms with E-state index in [-0.39, 0.29) is 30.0 Å². The molecule has 1 saturated heterocycles. The van der Waals surface area contributed by atoms with Gasteiger partial charge in [0.2, 0.25) is 0 Å². The lowest BCUT2D eigenvalue weighted by atomic mass is 9.97.